The number of rotatable bonds is 10. The molecule has 0 aliphatic carbocycles. The van der Waals surface area contributed by atoms with Crippen molar-refractivity contribution in [1.82, 2.24) is 14.8 Å². The minimum atomic E-state index is -4.70. The summed E-state index contributed by atoms with van der Waals surface area (Å²) >= 11 is 0. The van der Waals surface area contributed by atoms with Gasteiger partial charge in [0.1, 0.15) is 29.7 Å². The van der Waals surface area contributed by atoms with Crippen molar-refractivity contribution in [3.05, 3.63) is 48.1 Å². The molecule has 1 N–H and O–H groups in total. The monoisotopic (exact) mass is 445 g/mol. The Kier molecular flexibility index (Phi) is 7.20. The molecule has 0 aliphatic rings. The summed E-state index contributed by atoms with van der Waals surface area (Å²) in [6.07, 6.45) is 1.28. The SMILES string of the molecule is CCOC(=O)C(CC)(CC)C(=O)C(F)(F)C(O)(Cn1cncn1)c1ccc(F)cc1F. The second-order valence-corrected chi connectivity index (χ2v) is 6.99. The number of ketones is 1. The van der Waals surface area contributed by atoms with Gasteiger partial charge in [0.15, 0.2) is 5.60 Å². The fourth-order valence-corrected chi connectivity index (χ4v) is 3.44. The maximum atomic E-state index is 15.8. The first-order chi connectivity index (χ1) is 14.5. The van der Waals surface area contributed by atoms with Crippen LogP contribution in [0.5, 0.6) is 0 Å². The average Bonchev–Trinajstić information content (AvgIpc) is 3.22. The number of hydrogen-bond donors (Lipinski definition) is 1. The van der Waals surface area contributed by atoms with E-state index >= 15 is 8.78 Å². The largest absolute Gasteiger partial charge is 0.465 e. The number of Topliss-reactive ketones (excluding diaryl/α,β-unsaturated/α-hetero) is 1. The van der Waals surface area contributed by atoms with Crippen LogP contribution in [0.25, 0.3) is 0 Å². The molecule has 0 saturated heterocycles. The van der Waals surface area contributed by atoms with Crippen molar-refractivity contribution >= 4 is 11.8 Å². The topological polar surface area (TPSA) is 94.3 Å². The van der Waals surface area contributed by atoms with Crippen LogP contribution < -0.4 is 0 Å². The van der Waals surface area contributed by atoms with Gasteiger partial charge >= 0.3 is 11.9 Å². The highest BCUT2D eigenvalue weighted by Crippen LogP contribution is 2.47. The summed E-state index contributed by atoms with van der Waals surface area (Å²) in [4.78, 5) is 29.2. The van der Waals surface area contributed by atoms with E-state index in [1.807, 2.05) is 0 Å². The molecule has 0 aliphatic heterocycles. The summed E-state index contributed by atoms with van der Waals surface area (Å²) < 4.78 is 65.1. The second kappa shape index (κ2) is 9.13. The number of nitrogens with zero attached hydrogens (tertiary/aromatic N) is 3. The molecule has 0 fully saturated rings. The zero-order valence-corrected chi connectivity index (χ0v) is 17.2. The smallest absolute Gasteiger partial charge is 0.340 e. The van der Waals surface area contributed by atoms with E-state index in [9.17, 15) is 23.5 Å². The van der Waals surface area contributed by atoms with E-state index < -0.39 is 52.4 Å². The van der Waals surface area contributed by atoms with Gasteiger partial charge in [-0.15, -0.1) is 0 Å². The molecule has 0 amide bonds. The highest BCUT2D eigenvalue weighted by atomic mass is 19.3. The Hall–Kier alpha value is -2.82. The number of esters is 1. The summed E-state index contributed by atoms with van der Waals surface area (Å²) in [6, 6.07) is 1.59. The molecule has 2 aromatic rings. The molecule has 31 heavy (non-hydrogen) atoms. The minimum absolute atomic E-state index is 0.157. The molecule has 170 valence electrons. The standard InChI is InChI=1S/C20H23F4N3O4/c1-4-18(5-2,17(29)31-6-3)16(28)20(23,24)19(30,10-27-12-25-11-26-27)14-8-7-13(21)9-15(14)22/h7-9,11-12,30H,4-6,10H2,1-3H3. The lowest BCUT2D eigenvalue weighted by molar-refractivity contribution is -0.212. The fraction of sp³-hybridized carbons (Fsp3) is 0.500. The number of carbonyl (C=O) groups is 2. The first-order valence-electron chi connectivity index (χ1n) is 9.60. The third-order valence-corrected chi connectivity index (χ3v) is 5.35. The molecular weight excluding hydrogens is 422 g/mol. The zero-order chi connectivity index (χ0) is 23.4. The summed E-state index contributed by atoms with van der Waals surface area (Å²) in [6.45, 7) is 2.90. The van der Waals surface area contributed by atoms with Crippen LogP contribution in [-0.2, 0) is 26.5 Å². The van der Waals surface area contributed by atoms with Crippen molar-refractivity contribution in [1.29, 1.82) is 0 Å². The van der Waals surface area contributed by atoms with Gasteiger partial charge in [-0.1, -0.05) is 13.8 Å². The van der Waals surface area contributed by atoms with Crippen molar-refractivity contribution in [2.45, 2.75) is 51.7 Å². The molecule has 7 nitrogen and oxygen atoms in total. The Morgan fingerprint density at radius 3 is 2.29 bits per heavy atom. The molecule has 0 bridgehead atoms. The molecule has 1 unspecified atom stereocenters. The highest BCUT2D eigenvalue weighted by Gasteiger charge is 2.66. The lowest BCUT2D eigenvalue weighted by Crippen LogP contribution is -2.60. The summed E-state index contributed by atoms with van der Waals surface area (Å²) in [5.41, 5.74) is -6.84. The molecule has 1 atom stereocenters. The highest BCUT2D eigenvalue weighted by molar-refractivity contribution is 6.07. The number of hydrogen-bond acceptors (Lipinski definition) is 6. The Morgan fingerprint density at radius 2 is 1.81 bits per heavy atom. The van der Waals surface area contributed by atoms with Gasteiger partial charge < -0.3 is 9.84 Å². The summed E-state index contributed by atoms with van der Waals surface area (Å²) in [7, 11) is 0. The van der Waals surface area contributed by atoms with E-state index in [1.165, 1.54) is 20.8 Å². The van der Waals surface area contributed by atoms with Crippen molar-refractivity contribution < 1.29 is 37.0 Å². The lowest BCUT2D eigenvalue weighted by Gasteiger charge is -2.39. The van der Waals surface area contributed by atoms with Crippen LogP contribution in [0, 0.1) is 17.0 Å². The quantitative estimate of drug-likeness (QED) is 0.343. The minimum Gasteiger partial charge on any atom is -0.465 e. The zero-order valence-electron chi connectivity index (χ0n) is 17.2. The van der Waals surface area contributed by atoms with Crippen molar-refractivity contribution in [2.24, 2.45) is 5.41 Å². The fourth-order valence-electron chi connectivity index (χ4n) is 3.44. The van der Waals surface area contributed by atoms with E-state index in [4.69, 9.17) is 4.74 Å². The third kappa shape index (κ3) is 4.18. The van der Waals surface area contributed by atoms with Gasteiger partial charge in [0, 0.05) is 11.6 Å². The number of alkyl halides is 2. The van der Waals surface area contributed by atoms with Crippen molar-refractivity contribution in [2.75, 3.05) is 6.61 Å². The molecule has 0 saturated carbocycles. The maximum absolute atomic E-state index is 15.8. The molecule has 0 radical (unpaired) electrons. The maximum Gasteiger partial charge on any atom is 0.340 e. The van der Waals surface area contributed by atoms with Gasteiger partial charge in [0.25, 0.3) is 0 Å². The van der Waals surface area contributed by atoms with E-state index in [-0.39, 0.29) is 19.4 Å². The Balaban J connectivity index is 2.70. The number of aliphatic hydroxyl groups is 1. The molecule has 1 heterocycles. The van der Waals surface area contributed by atoms with E-state index in [2.05, 4.69) is 10.1 Å². The summed E-state index contributed by atoms with van der Waals surface area (Å²) in [5, 5.41) is 14.7. The predicted octanol–water partition coefficient (Wildman–Crippen LogP) is 3.02. The van der Waals surface area contributed by atoms with Crippen LogP contribution in [0.2, 0.25) is 0 Å². The van der Waals surface area contributed by atoms with Gasteiger partial charge in [0.2, 0.25) is 5.78 Å². The summed E-state index contributed by atoms with van der Waals surface area (Å²) in [5.74, 6) is -10.4. The first-order valence-corrected chi connectivity index (χ1v) is 9.60. The Bertz CT molecular complexity index is 933. The Morgan fingerprint density at radius 1 is 1.16 bits per heavy atom. The lowest BCUT2D eigenvalue weighted by atomic mass is 9.71. The molecule has 1 aromatic carbocycles. The molecule has 11 heteroatoms. The third-order valence-electron chi connectivity index (χ3n) is 5.35. The molecule has 1 aromatic heterocycles. The van der Waals surface area contributed by atoms with E-state index in [0.29, 0.717) is 18.2 Å². The predicted molar refractivity (Wildman–Crippen MR) is 99.9 cm³/mol. The first kappa shape index (κ1) is 24.4. The van der Waals surface area contributed by atoms with Crippen LogP contribution in [-0.4, -0.2) is 44.2 Å². The van der Waals surface area contributed by atoms with Gasteiger partial charge in [-0.25, -0.2) is 18.4 Å². The normalized spacial score (nSPS) is 14.2. The van der Waals surface area contributed by atoms with Crippen LogP contribution in [0.1, 0.15) is 39.2 Å². The number of halogens is 4. The van der Waals surface area contributed by atoms with Crippen LogP contribution in [0.3, 0.4) is 0 Å². The number of aromatic nitrogens is 3. The van der Waals surface area contributed by atoms with Crippen LogP contribution in [0.4, 0.5) is 17.6 Å². The van der Waals surface area contributed by atoms with Crippen LogP contribution in [0.15, 0.2) is 30.9 Å². The molecular formula is C20H23F4N3O4. The molecule has 0 spiro atoms. The van der Waals surface area contributed by atoms with E-state index in [0.717, 1.165) is 17.3 Å². The number of carbonyl (C=O) groups excluding carboxylic acids is 2. The van der Waals surface area contributed by atoms with Gasteiger partial charge in [-0.2, -0.15) is 13.9 Å². The number of benzene rings is 1. The Labute approximate surface area is 176 Å². The van der Waals surface area contributed by atoms with E-state index in [1.54, 1.807) is 0 Å². The van der Waals surface area contributed by atoms with Gasteiger partial charge in [-0.3, -0.25) is 9.59 Å². The second-order valence-electron chi connectivity index (χ2n) is 6.99. The average molecular weight is 445 g/mol. The van der Waals surface area contributed by atoms with Crippen molar-refractivity contribution in [3.8, 4) is 0 Å². The van der Waals surface area contributed by atoms with Gasteiger partial charge in [-0.05, 0) is 31.9 Å². The van der Waals surface area contributed by atoms with Crippen LogP contribution >= 0.6 is 0 Å². The van der Waals surface area contributed by atoms with Crippen molar-refractivity contribution in [3.63, 3.8) is 0 Å². The molecule has 2 rings (SSSR count). The van der Waals surface area contributed by atoms with Gasteiger partial charge in [0.05, 0.1) is 13.2 Å². The number of ether oxygens (including phenoxy) is 1.